The molecular weight excluding hydrogens is 2090 g/mol. The molecule has 0 saturated carbocycles. The SMILES string of the molecule is C1CCOC1.C=CS(=O)(=O)N1CCC2(CC1)N=C(CCCCCCCCC(F)(F)F)NC2=O.CC(=O)N(C[C@H](O)CO)c1cc(C)c(/C=C/S(=O)(=O)N2CCC3(CC2)N=C(CCCCCCCCC(F)(F)F)NC3=O)c(C)c1.CC(=O)N(C[C@H]1COC(C)(C)O1)c1cc(C)c(/C=C/S(=O)(=O)N2CCC3(CC2)N=C(CCCCCCCCC(F)(F)F)NC3=O)c(C)c1.CC(=O)N(C[C@H]1COC(C)(C)O1)c1cc(C)c(Br)c(C)c1.Cl. The lowest BCUT2D eigenvalue weighted by Gasteiger charge is -2.34. The average molecular weight is 2250 g/mol. The van der Waals surface area contributed by atoms with Crippen molar-refractivity contribution in [1.29, 1.82) is 0 Å². The van der Waals surface area contributed by atoms with E-state index in [4.69, 9.17) is 28.7 Å². The van der Waals surface area contributed by atoms with Crippen molar-refractivity contribution in [2.75, 3.05) is 107 Å². The predicted octanol–water partition coefficient (Wildman–Crippen LogP) is 18.8. The van der Waals surface area contributed by atoms with E-state index in [0.29, 0.717) is 112 Å². The van der Waals surface area contributed by atoms with E-state index in [1.807, 2.05) is 79.7 Å². The third-order valence-electron chi connectivity index (χ3n) is 27.2. The lowest BCUT2D eigenvalue weighted by atomic mass is 9.89. The summed E-state index contributed by atoms with van der Waals surface area (Å²) in [5.41, 5.74) is 6.01. The number of ether oxygens (including phenoxy) is 5. The Kier molecular flexibility index (Phi) is 48.9. The number of alkyl halides is 9. The molecule has 0 aromatic heterocycles. The average Bonchev–Trinajstić information content (AvgIpc) is 1.58. The first-order chi connectivity index (χ1) is 68.7. The Bertz CT molecular complexity index is 5410. The smallest absolute Gasteiger partial charge is 0.389 e. The molecule has 3 aromatic carbocycles. The minimum Gasteiger partial charge on any atom is -0.394 e. The number of piperidine rings is 3. The summed E-state index contributed by atoms with van der Waals surface area (Å²) in [4.78, 5) is 93.5. The fourth-order valence-corrected chi connectivity index (χ4v) is 22.5. The Morgan fingerprint density at radius 2 is 0.736 bits per heavy atom. The van der Waals surface area contributed by atoms with Crippen LogP contribution in [0.3, 0.4) is 0 Å². The largest absolute Gasteiger partial charge is 0.394 e. The van der Waals surface area contributed by atoms with Gasteiger partial charge in [0.05, 0.1) is 45.6 Å². The summed E-state index contributed by atoms with van der Waals surface area (Å²) in [5.74, 6) is -0.526. The molecule has 0 aliphatic carbocycles. The van der Waals surface area contributed by atoms with Crippen molar-refractivity contribution in [2.45, 2.75) is 361 Å². The van der Waals surface area contributed by atoms with Gasteiger partial charge < -0.3 is 64.5 Å². The van der Waals surface area contributed by atoms with Gasteiger partial charge in [-0.05, 0) is 252 Å². The zero-order chi connectivity index (χ0) is 109. The molecule has 3 atom stereocenters. The zero-order valence-electron chi connectivity index (χ0n) is 87.6. The Labute approximate surface area is 881 Å². The second-order valence-corrected chi connectivity index (χ2v) is 46.6. The van der Waals surface area contributed by atoms with Crippen molar-refractivity contribution in [2.24, 2.45) is 15.0 Å². The Morgan fingerprint density at radius 3 is 0.986 bits per heavy atom. The van der Waals surface area contributed by atoms with Crippen LogP contribution in [0.4, 0.5) is 56.6 Å². The highest BCUT2D eigenvalue weighted by atomic mass is 79.9. The molecule has 9 aliphatic rings. The topological polar surface area (TPSA) is 384 Å². The quantitative estimate of drug-likeness (QED) is 0.0260. The molecule has 6 amide bonds. The number of aliphatic imine (C=N–C) groups is 3. The molecule has 12 rings (SSSR count). The number of carbonyl (C=O) groups is 6. The van der Waals surface area contributed by atoms with E-state index in [1.165, 1.54) is 56.0 Å². The van der Waals surface area contributed by atoms with E-state index in [-0.39, 0.29) is 151 Å². The van der Waals surface area contributed by atoms with Crippen molar-refractivity contribution in [3.8, 4) is 0 Å². The number of benzene rings is 3. The van der Waals surface area contributed by atoms with Gasteiger partial charge in [-0.25, -0.2) is 25.3 Å². The molecule has 6 fully saturated rings. The maximum Gasteiger partial charge on any atom is 0.389 e. The molecule has 0 radical (unpaired) electrons. The molecule has 31 nitrogen and oxygen atoms in total. The highest BCUT2D eigenvalue weighted by Gasteiger charge is 2.51. The minimum absolute atomic E-state index is 0. The van der Waals surface area contributed by atoms with Crippen molar-refractivity contribution in [3.63, 3.8) is 0 Å². The lowest BCUT2D eigenvalue weighted by Crippen LogP contribution is -2.50. The number of sulfonamides is 3. The van der Waals surface area contributed by atoms with Crippen LogP contribution in [0.2, 0.25) is 0 Å². The number of nitrogens with zero attached hydrogens (tertiary/aromatic N) is 9. The molecule has 45 heteroatoms. The minimum atomic E-state index is -4.10. The number of nitrogens with one attached hydrogen (secondary N) is 3. The molecule has 5 N–H and O–H groups in total. The number of aliphatic hydroxyl groups excluding tert-OH is 2. The van der Waals surface area contributed by atoms with E-state index in [1.54, 1.807) is 48.8 Å². The summed E-state index contributed by atoms with van der Waals surface area (Å²) >= 11 is 3.55. The Morgan fingerprint density at radius 1 is 0.466 bits per heavy atom. The van der Waals surface area contributed by atoms with E-state index in [9.17, 15) is 104 Å². The van der Waals surface area contributed by atoms with Crippen LogP contribution >= 0.6 is 28.3 Å². The molecule has 148 heavy (non-hydrogen) atoms. The van der Waals surface area contributed by atoms with Gasteiger partial charge in [0.25, 0.3) is 17.7 Å². The summed E-state index contributed by atoms with van der Waals surface area (Å²) in [6.45, 7) is 30.8. The highest BCUT2D eigenvalue weighted by molar-refractivity contribution is 9.10. The summed E-state index contributed by atoms with van der Waals surface area (Å²) in [6.07, 6.45) is 4.96. The van der Waals surface area contributed by atoms with Crippen LogP contribution < -0.4 is 30.7 Å². The third kappa shape index (κ3) is 40.0. The van der Waals surface area contributed by atoms with Gasteiger partial charge in [-0.2, -0.15) is 52.4 Å². The van der Waals surface area contributed by atoms with Gasteiger partial charge in [0.2, 0.25) is 47.8 Å². The van der Waals surface area contributed by atoms with Gasteiger partial charge in [-0.3, -0.25) is 43.7 Å². The van der Waals surface area contributed by atoms with Gasteiger partial charge in [0.15, 0.2) is 11.6 Å². The molecule has 9 aliphatic heterocycles. The second kappa shape index (κ2) is 56.9. The van der Waals surface area contributed by atoms with Crippen molar-refractivity contribution >= 4 is 141 Å². The molecule has 834 valence electrons. The van der Waals surface area contributed by atoms with E-state index in [0.717, 1.165) is 150 Å². The number of amidine groups is 3. The van der Waals surface area contributed by atoms with Crippen molar-refractivity contribution in [3.05, 3.63) is 108 Å². The molecule has 6 saturated heterocycles. The van der Waals surface area contributed by atoms with Crippen LogP contribution in [0.15, 0.2) is 78.7 Å². The number of unbranched alkanes of at least 4 members (excludes halogenated alkanes) is 15. The van der Waals surface area contributed by atoms with E-state index < -0.39 is 109 Å². The molecule has 0 bridgehead atoms. The summed E-state index contributed by atoms with van der Waals surface area (Å²) in [6, 6.07) is 11.2. The summed E-state index contributed by atoms with van der Waals surface area (Å²) in [7, 11) is -11.1. The number of rotatable bonds is 42. The van der Waals surface area contributed by atoms with E-state index in [2.05, 4.69) is 48.4 Å². The number of halogens is 11. The number of hydrogen-bond acceptors (Lipinski definition) is 22. The van der Waals surface area contributed by atoms with Gasteiger partial charge in [-0.15, -0.1) is 12.4 Å². The fraction of sp³-hybridized carbons (Fsp3) is 0.680. The van der Waals surface area contributed by atoms with Crippen LogP contribution in [-0.4, -0.2) is 258 Å². The first-order valence-corrected chi connectivity index (χ1v) is 56.3. The zero-order valence-corrected chi connectivity index (χ0v) is 92.4. The number of amides is 6. The van der Waals surface area contributed by atoms with Gasteiger partial charge in [0, 0.05) is 150 Å². The summed E-state index contributed by atoms with van der Waals surface area (Å²) in [5, 5.41) is 30.8. The van der Waals surface area contributed by atoms with Crippen LogP contribution in [0, 0.1) is 41.5 Å². The molecule has 3 spiro atoms. The Balaban J connectivity index is 0.000000273. The lowest BCUT2D eigenvalue weighted by molar-refractivity contribution is -0.138. The van der Waals surface area contributed by atoms with Crippen LogP contribution in [0.5, 0.6) is 0 Å². The number of aryl methyl sites for hydroxylation is 6. The van der Waals surface area contributed by atoms with Crippen molar-refractivity contribution in [1.82, 2.24) is 28.9 Å². The number of anilines is 3. The number of aliphatic hydroxyl groups is 2. The van der Waals surface area contributed by atoms with Crippen LogP contribution in [0.25, 0.3) is 12.2 Å². The predicted molar refractivity (Wildman–Crippen MR) is 561 cm³/mol. The van der Waals surface area contributed by atoms with Crippen LogP contribution in [-0.2, 0) is 82.5 Å². The third-order valence-corrected chi connectivity index (χ3v) is 33.1. The van der Waals surface area contributed by atoms with Gasteiger partial charge in [0.1, 0.15) is 46.3 Å². The first-order valence-electron chi connectivity index (χ1n) is 51.0. The van der Waals surface area contributed by atoms with Gasteiger partial charge in [-0.1, -0.05) is 99.6 Å². The molecule has 0 unspecified atom stereocenters. The van der Waals surface area contributed by atoms with Crippen LogP contribution in [0.1, 0.15) is 298 Å². The Hall–Kier alpha value is -7.70. The molecule has 9 heterocycles. The molecular formula is C103H153BrClF9N12O19S3. The fourth-order valence-electron chi connectivity index (χ4n) is 19.0. The monoisotopic (exact) mass is 2240 g/mol. The van der Waals surface area contributed by atoms with Crippen molar-refractivity contribution < 1.29 is 127 Å². The number of hydrogen-bond donors (Lipinski definition) is 5. The maximum atomic E-state index is 13.3. The normalized spacial score (nSPS) is 19.9. The highest BCUT2D eigenvalue weighted by Crippen LogP contribution is 2.40. The second-order valence-electron chi connectivity index (χ2n) is 40.3. The maximum absolute atomic E-state index is 13.3. The standard InChI is InChI=1S/C34H49F3N4O6S.C31H45F3N4O6S.C18H28F3N3O3S.C16H22BrNO3.C4H8O.ClH/c1-24-20-27(41(26(3)42)22-28-23-46-32(4,5)47-28)21-25(2)29(24)13-19-48(44,45)40-17-15-33(16-18-40)31(43)38-30(39-33)12-10-8-6-7-9-11-14-34(35,36)37;1-22-18-25(38(24(3)40)20-26(41)21-39)19-23(2)27(22)11-17-45(43,44)37-15-13-30(14-16-37)29(42)35-28(36-30)10-8-6-4-5-7-9-12-31(32,33)34;1-2-28(26,27)24-13-11-17(12-14-24)16(25)22-15(23-17)9-7-5-3-4-6-8-10-18(19,20)21;1-10-6-13(7-11(2)15(10)17)18(12(3)19)8-14-9-20-16(4,5)21-14;1-2-4-5-3-1;/h13,19-21,28H,6-12,14-18,22-23H2,1-5H3,(H,38,39,43);11,17-19,26,39,41H,4-10,12-16,20-21H2,1-3H3,(H,35,36,42);2H,1,3-14H2,(H,22,23,25);6-7,14H,8-9H2,1-5H3;1-4H2;1H/b19-13+;17-11+;;;;/t28-;26-;;14-;;/m00.0../s1. The van der Waals surface area contributed by atoms with E-state index >= 15 is 0 Å². The summed E-state index contributed by atoms with van der Waals surface area (Å²) < 4.78 is 219. The van der Waals surface area contributed by atoms with Gasteiger partial charge >= 0.3 is 18.5 Å². The number of carbonyl (C=O) groups excluding carboxylic acids is 6. The molecule has 3 aromatic rings. The first kappa shape index (κ1) is 127.